The van der Waals surface area contributed by atoms with Gasteiger partial charge in [-0.05, 0) is 49.2 Å². The van der Waals surface area contributed by atoms with Crippen LogP contribution < -0.4 is 16.0 Å². The lowest BCUT2D eigenvalue weighted by Gasteiger charge is -2.15. The van der Waals surface area contributed by atoms with Gasteiger partial charge in [-0.25, -0.2) is 4.98 Å². The summed E-state index contributed by atoms with van der Waals surface area (Å²) in [6, 6.07) is 10.6. The van der Waals surface area contributed by atoms with Crippen LogP contribution in [-0.4, -0.2) is 30.4 Å². The van der Waals surface area contributed by atoms with Crippen LogP contribution in [0.15, 0.2) is 36.4 Å². The first-order valence-electron chi connectivity index (χ1n) is 8.13. The van der Waals surface area contributed by atoms with Crippen molar-refractivity contribution in [3.8, 4) is 0 Å². The van der Waals surface area contributed by atoms with Crippen molar-refractivity contribution in [2.24, 2.45) is 5.73 Å². The number of carbonyl (C=O) groups is 2. The van der Waals surface area contributed by atoms with Crippen LogP contribution in [0.4, 0.5) is 10.8 Å². The first-order chi connectivity index (χ1) is 12.3. The van der Waals surface area contributed by atoms with Crippen molar-refractivity contribution in [1.82, 2.24) is 4.98 Å². The number of anilines is 2. The maximum Gasteiger partial charge on any atom is 0.248 e. The molecule has 0 aliphatic rings. The summed E-state index contributed by atoms with van der Waals surface area (Å²) in [5.41, 5.74) is 9.52. The van der Waals surface area contributed by atoms with Crippen molar-refractivity contribution >= 4 is 44.2 Å². The highest BCUT2D eigenvalue weighted by Gasteiger charge is 2.14. The fourth-order valence-electron chi connectivity index (χ4n) is 2.61. The van der Waals surface area contributed by atoms with Crippen LogP contribution in [-0.2, 0) is 4.79 Å². The van der Waals surface area contributed by atoms with Crippen LogP contribution in [0.3, 0.4) is 0 Å². The van der Waals surface area contributed by atoms with Crippen molar-refractivity contribution in [3.05, 3.63) is 53.1 Å². The Bertz CT molecular complexity index is 940. The molecule has 3 N–H and O–H groups in total. The number of aryl methyl sites for hydroxylation is 2. The molecule has 134 valence electrons. The number of nitrogens with one attached hydrogen (secondary N) is 1. The fraction of sp³-hybridized carbons (Fsp3) is 0.211. The lowest BCUT2D eigenvalue weighted by molar-refractivity contribution is -0.114. The van der Waals surface area contributed by atoms with E-state index >= 15 is 0 Å². The molecule has 3 rings (SSSR count). The van der Waals surface area contributed by atoms with Gasteiger partial charge in [-0.2, -0.15) is 0 Å². The molecule has 2 aromatic carbocycles. The van der Waals surface area contributed by atoms with Crippen LogP contribution in [0.5, 0.6) is 0 Å². The molecule has 0 saturated carbocycles. The SMILES string of the molecule is Cc1ccc(C)c2sc(N(C)CC(=O)Nc3ccc(C(N)=O)cc3)nc12. The van der Waals surface area contributed by atoms with Crippen LogP contribution in [0.2, 0.25) is 0 Å². The van der Waals surface area contributed by atoms with Crippen molar-refractivity contribution in [1.29, 1.82) is 0 Å². The summed E-state index contributed by atoms with van der Waals surface area (Å²) in [4.78, 5) is 29.9. The second kappa shape index (κ2) is 7.13. The van der Waals surface area contributed by atoms with Crippen LogP contribution >= 0.6 is 11.3 Å². The van der Waals surface area contributed by atoms with Gasteiger partial charge in [-0.3, -0.25) is 9.59 Å². The van der Waals surface area contributed by atoms with Gasteiger partial charge in [0, 0.05) is 18.3 Å². The second-order valence-corrected chi connectivity index (χ2v) is 7.20. The summed E-state index contributed by atoms with van der Waals surface area (Å²) < 4.78 is 1.15. The highest BCUT2D eigenvalue weighted by atomic mass is 32.1. The van der Waals surface area contributed by atoms with E-state index in [2.05, 4.69) is 29.4 Å². The Balaban J connectivity index is 1.70. The lowest BCUT2D eigenvalue weighted by atomic mass is 10.1. The van der Waals surface area contributed by atoms with Crippen molar-refractivity contribution in [2.45, 2.75) is 13.8 Å². The smallest absolute Gasteiger partial charge is 0.248 e. The van der Waals surface area contributed by atoms with Crippen molar-refractivity contribution in [2.75, 3.05) is 23.8 Å². The third-order valence-electron chi connectivity index (χ3n) is 4.09. The van der Waals surface area contributed by atoms with Crippen molar-refractivity contribution in [3.63, 3.8) is 0 Å². The largest absolute Gasteiger partial charge is 0.366 e. The molecule has 1 aromatic heterocycles. The molecule has 0 bridgehead atoms. The molecule has 0 aliphatic heterocycles. The summed E-state index contributed by atoms with van der Waals surface area (Å²) in [5.74, 6) is -0.656. The van der Waals surface area contributed by atoms with Crippen LogP contribution in [0, 0.1) is 13.8 Å². The number of hydrogen-bond acceptors (Lipinski definition) is 5. The Hall–Kier alpha value is -2.93. The first kappa shape index (κ1) is 17.9. The molecule has 6 nitrogen and oxygen atoms in total. The molecule has 0 fully saturated rings. The highest BCUT2D eigenvalue weighted by molar-refractivity contribution is 7.22. The molecule has 0 saturated heterocycles. The third-order valence-corrected chi connectivity index (χ3v) is 5.40. The Kier molecular flexibility index (Phi) is 4.90. The molecule has 0 unspecified atom stereocenters. The quantitative estimate of drug-likeness (QED) is 0.724. The highest BCUT2D eigenvalue weighted by Crippen LogP contribution is 2.32. The standard InChI is InChI=1S/C19H20N4O2S/c1-11-4-5-12(2)17-16(11)22-19(26-17)23(3)10-15(24)21-14-8-6-13(7-9-14)18(20)25/h4-9H,10H2,1-3H3,(H2,20,25)(H,21,24). The van der Waals surface area contributed by atoms with Gasteiger partial charge in [0.1, 0.15) is 0 Å². The van der Waals surface area contributed by atoms with Gasteiger partial charge in [-0.15, -0.1) is 0 Å². The zero-order valence-corrected chi connectivity index (χ0v) is 15.7. The summed E-state index contributed by atoms with van der Waals surface area (Å²) in [6.45, 7) is 4.27. The number of amides is 2. The molecule has 0 spiro atoms. The van der Waals surface area contributed by atoms with E-state index in [-0.39, 0.29) is 12.5 Å². The van der Waals surface area contributed by atoms with E-state index in [0.717, 1.165) is 20.9 Å². The zero-order valence-electron chi connectivity index (χ0n) is 14.9. The topological polar surface area (TPSA) is 88.3 Å². The van der Waals surface area contributed by atoms with E-state index in [9.17, 15) is 9.59 Å². The van der Waals surface area contributed by atoms with Crippen LogP contribution in [0.25, 0.3) is 10.2 Å². The molecule has 3 aromatic rings. The van der Waals surface area contributed by atoms with Crippen LogP contribution in [0.1, 0.15) is 21.5 Å². The van der Waals surface area contributed by atoms with Gasteiger partial charge in [0.15, 0.2) is 5.13 Å². The minimum atomic E-state index is -0.496. The predicted octanol–water partition coefficient (Wildman–Crippen LogP) is 3.09. The third kappa shape index (κ3) is 3.67. The number of rotatable bonds is 5. The Labute approximate surface area is 155 Å². The summed E-state index contributed by atoms with van der Waals surface area (Å²) in [6.07, 6.45) is 0. The van der Waals surface area contributed by atoms with Crippen molar-refractivity contribution < 1.29 is 9.59 Å². The fourth-order valence-corrected chi connectivity index (χ4v) is 3.68. The molecule has 0 aliphatic carbocycles. The van der Waals surface area contributed by atoms with Gasteiger partial charge in [0.05, 0.1) is 16.8 Å². The summed E-state index contributed by atoms with van der Waals surface area (Å²) in [7, 11) is 1.85. The van der Waals surface area contributed by atoms with E-state index in [0.29, 0.717) is 11.3 Å². The van der Waals surface area contributed by atoms with E-state index in [1.54, 1.807) is 35.6 Å². The van der Waals surface area contributed by atoms with E-state index in [1.165, 1.54) is 5.56 Å². The van der Waals surface area contributed by atoms with Gasteiger partial charge < -0.3 is 16.0 Å². The molecule has 0 atom stereocenters. The number of carbonyl (C=O) groups excluding carboxylic acids is 2. The van der Waals surface area contributed by atoms with E-state index in [1.807, 2.05) is 18.9 Å². The number of aromatic nitrogens is 1. The minimum absolute atomic E-state index is 0.160. The number of benzene rings is 2. The average molecular weight is 368 g/mol. The number of likely N-dealkylation sites (N-methyl/N-ethyl adjacent to an activating group) is 1. The molecule has 7 heteroatoms. The van der Waals surface area contributed by atoms with Gasteiger partial charge in [-0.1, -0.05) is 23.5 Å². The lowest BCUT2D eigenvalue weighted by Crippen LogP contribution is -2.29. The van der Waals surface area contributed by atoms with Gasteiger partial charge >= 0.3 is 0 Å². The maximum atomic E-state index is 12.3. The zero-order chi connectivity index (χ0) is 18.8. The van der Waals surface area contributed by atoms with E-state index < -0.39 is 5.91 Å². The van der Waals surface area contributed by atoms with E-state index in [4.69, 9.17) is 5.73 Å². The normalized spacial score (nSPS) is 10.7. The van der Waals surface area contributed by atoms with Gasteiger partial charge in [0.2, 0.25) is 11.8 Å². The molecule has 2 amide bonds. The molecular weight excluding hydrogens is 348 g/mol. The summed E-state index contributed by atoms with van der Waals surface area (Å²) >= 11 is 1.58. The molecule has 26 heavy (non-hydrogen) atoms. The number of nitrogens with two attached hydrogens (primary N) is 1. The second-order valence-electron chi connectivity index (χ2n) is 6.22. The Morgan fingerprint density at radius 1 is 1.12 bits per heavy atom. The number of hydrogen-bond donors (Lipinski definition) is 2. The Morgan fingerprint density at radius 2 is 1.77 bits per heavy atom. The summed E-state index contributed by atoms with van der Waals surface area (Å²) in [5, 5.41) is 3.61. The predicted molar refractivity (Wildman–Crippen MR) is 106 cm³/mol. The number of nitrogens with zero attached hydrogens (tertiary/aromatic N) is 2. The Morgan fingerprint density at radius 3 is 2.38 bits per heavy atom. The molecular formula is C19H20N4O2S. The number of fused-ring (bicyclic) bond motifs is 1. The maximum absolute atomic E-state index is 12.3. The minimum Gasteiger partial charge on any atom is -0.366 e. The monoisotopic (exact) mass is 368 g/mol. The molecule has 1 heterocycles. The van der Waals surface area contributed by atoms with Gasteiger partial charge in [0.25, 0.3) is 0 Å². The first-order valence-corrected chi connectivity index (χ1v) is 8.94. The number of primary amides is 1. The average Bonchev–Trinajstić information content (AvgIpc) is 3.05. The number of thiazole rings is 1. The molecule has 0 radical (unpaired) electrons.